The van der Waals surface area contributed by atoms with Crippen LogP contribution >= 0.6 is 0 Å². The maximum atomic E-state index is 9.02. The summed E-state index contributed by atoms with van der Waals surface area (Å²) < 4.78 is 0. The van der Waals surface area contributed by atoms with Crippen molar-refractivity contribution < 1.29 is 5.11 Å². The topological polar surface area (TPSA) is 62.4 Å². The van der Waals surface area contributed by atoms with E-state index in [-0.39, 0.29) is 6.61 Å². The van der Waals surface area contributed by atoms with E-state index in [1.807, 2.05) is 24.3 Å². The van der Waals surface area contributed by atoms with Crippen molar-refractivity contribution in [1.82, 2.24) is 4.98 Å². The average Bonchev–Trinajstić information content (AvgIpc) is 2.41. The third-order valence-corrected chi connectivity index (χ3v) is 3.29. The van der Waals surface area contributed by atoms with Gasteiger partial charge in [0.25, 0.3) is 0 Å². The van der Waals surface area contributed by atoms with Crippen LogP contribution in [-0.2, 0) is 0 Å². The second kappa shape index (κ2) is 5.89. The molecule has 2 rings (SSSR count). The molecule has 0 saturated heterocycles. The van der Waals surface area contributed by atoms with Gasteiger partial charge in [-0.05, 0) is 44.5 Å². The molecule has 0 aliphatic carbocycles. The fourth-order valence-electron chi connectivity index (χ4n) is 2.31. The Morgan fingerprint density at radius 1 is 1.32 bits per heavy atom. The molecule has 4 nitrogen and oxygen atoms in total. The van der Waals surface area contributed by atoms with Crippen molar-refractivity contribution in [3.63, 3.8) is 0 Å². The zero-order valence-corrected chi connectivity index (χ0v) is 11.5. The lowest BCUT2D eigenvalue weighted by atomic mass is 10.1. The number of rotatable bonds is 5. The Morgan fingerprint density at radius 3 is 2.79 bits per heavy atom. The van der Waals surface area contributed by atoms with E-state index in [2.05, 4.69) is 23.7 Å². The molecular formula is C15H21N3O. The van der Waals surface area contributed by atoms with E-state index in [1.165, 1.54) is 0 Å². The second-order valence-corrected chi connectivity index (χ2v) is 4.93. The van der Waals surface area contributed by atoms with Gasteiger partial charge in [0.15, 0.2) is 0 Å². The van der Waals surface area contributed by atoms with Crippen LogP contribution in [0.15, 0.2) is 30.5 Å². The Balaban J connectivity index is 2.44. The third-order valence-electron chi connectivity index (χ3n) is 3.29. The normalized spacial score (nSPS) is 11.2. The first kappa shape index (κ1) is 13.6. The predicted octanol–water partition coefficient (Wildman–Crippen LogP) is 2.41. The zero-order valence-electron chi connectivity index (χ0n) is 11.5. The van der Waals surface area contributed by atoms with E-state index < -0.39 is 0 Å². The highest BCUT2D eigenvalue weighted by Crippen LogP contribution is 2.31. The maximum absolute atomic E-state index is 9.02. The number of aromatic nitrogens is 1. The minimum atomic E-state index is 0.193. The molecule has 0 unspecified atom stereocenters. The molecule has 0 aliphatic rings. The van der Waals surface area contributed by atoms with Gasteiger partial charge in [0.05, 0.1) is 16.9 Å². The molecule has 0 spiro atoms. The standard InChI is InChI=1S/C15H21N3O/c1-11(2)18(9-4-10-19)14-7-6-13-12(15(14)16)5-3-8-17-13/h3,5-8,11,19H,4,9-10,16H2,1-2H3. The molecular weight excluding hydrogens is 238 g/mol. The van der Waals surface area contributed by atoms with Crippen LogP contribution in [0.5, 0.6) is 0 Å². The molecule has 1 aromatic carbocycles. The number of aliphatic hydroxyl groups is 1. The van der Waals surface area contributed by atoms with Crippen LogP contribution in [0.3, 0.4) is 0 Å². The van der Waals surface area contributed by atoms with Gasteiger partial charge in [-0.2, -0.15) is 0 Å². The van der Waals surface area contributed by atoms with Crippen LogP contribution in [0.1, 0.15) is 20.3 Å². The average molecular weight is 259 g/mol. The van der Waals surface area contributed by atoms with Crippen molar-refractivity contribution in [2.75, 3.05) is 23.8 Å². The molecule has 0 saturated carbocycles. The van der Waals surface area contributed by atoms with Crippen molar-refractivity contribution >= 4 is 22.3 Å². The quantitative estimate of drug-likeness (QED) is 0.809. The summed E-state index contributed by atoms with van der Waals surface area (Å²) in [7, 11) is 0. The van der Waals surface area contributed by atoms with E-state index in [0.29, 0.717) is 6.04 Å². The highest BCUT2D eigenvalue weighted by atomic mass is 16.3. The predicted molar refractivity (Wildman–Crippen MR) is 80.3 cm³/mol. The minimum absolute atomic E-state index is 0.193. The van der Waals surface area contributed by atoms with Gasteiger partial charge in [0, 0.05) is 30.8 Å². The third kappa shape index (κ3) is 2.79. The summed E-state index contributed by atoms with van der Waals surface area (Å²) in [6.07, 6.45) is 2.51. The number of hydrogen-bond acceptors (Lipinski definition) is 4. The number of pyridine rings is 1. The SMILES string of the molecule is CC(C)N(CCCO)c1ccc2ncccc2c1N. The Labute approximate surface area is 113 Å². The molecule has 2 aromatic rings. The van der Waals surface area contributed by atoms with Crippen LogP contribution in [0.4, 0.5) is 11.4 Å². The summed E-state index contributed by atoms with van der Waals surface area (Å²) >= 11 is 0. The fraction of sp³-hybridized carbons (Fsp3) is 0.400. The Morgan fingerprint density at radius 2 is 2.11 bits per heavy atom. The molecule has 0 bridgehead atoms. The van der Waals surface area contributed by atoms with Crippen molar-refractivity contribution in [3.8, 4) is 0 Å². The number of nitrogens with two attached hydrogens (primary N) is 1. The molecule has 19 heavy (non-hydrogen) atoms. The summed E-state index contributed by atoms with van der Waals surface area (Å²) in [5.74, 6) is 0. The van der Waals surface area contributed by atoms with Crippen LogP contribution in [-0.4, -0.2) is 29.3 Å². The Kier molecular flexibility index (Phi) is 4.22. The van der Waals surface area contributed by atoms with Gasteiger partial charge >= 0.3 is 0 Å². The van der Waals surface area contributed by atoms with Crippen molar-refractivity contribution in [1.29, 1.82) is 0 Å². The first-order valence-electron chi connectivity index (χ1n) is 6.66. The number of aliphatic hydroxyl groups excluding tert-OH is 1. The summed E-state index contributed by atoms with van der Waals surface area (Å²) in [6.45, 7) is 5.25. The molecule has 1 heterocycles. The molecule has 0 atom stereocenters. The molecule has 0 aliphatic heterocycles. The molecule has 0 fully saturated rings. The van der Waals surface area contributed by atoms with Crippen molar-refractivity contribution in [2.45, 2.75) is 26.3 Å². The first-order chi connectivity index (χ1) is 9.15. The summed E-state index contributed by atoms with van der Waals surface area (Å²) in [5.41, 5.74) is 8.98. The Bertz CT molecular complexity index is 554. The summed E-state index contributed by atoms with van der Waals surface area (Å²) in [4.78, 5) is 6.53. The van der Waals surface area contributed by atoms with Crippen LogP contribution in [0.25, 0.3) is 10.9 Å². The smallest absolute Gasteiger partial charge is 0.0724 e. The molecule has 3 N–H and O–H groups in total. The molecule has 102 valence electrons. The zero-order chi connectivity index (χ0) is 13.8. The van der Waals surface area contributed by atoms with Gasteiger partial charge < -0.3 is 15.7 Å². The van der Waals surface area contributed by atoms with Crippen LogP contribution < -0.4 is 10.6 Å². The lowest BCUT2D eigenvalue weighted by molar-refractivity contribution is 0.288. The van der Waals surface area contributed by atoms with Gasteiger partial charge in [-0.3, -0.25) is 4.98 Å². The van der Waals surface area contributed by atoms with E-state index >= 15 is 0 Å². The van der Waals surface area contributed by atoms with Gasteiger partial charge in [0.1, 0.15) is 0 Å². The van der Waals surface area contributed by atoms with Gasteiger partial charge in [-0.25, -0.2) is 0 Å². The number of fused-ring (bicyclic) bond motifs is 1. The maximum Gasteiger partial charge on any atom is 0.0724 e. The lowest BCUT2D eigenvalue weighted by Crippen LogP contribution is -2.32. The van der Waals surface area contributed by atoms with Crippen molar-refractivity contribution in [2.24, 2.45) is 0 Å². The Hall–Kier alpha value is -1.81. The number of benzene rings is 1. The van der Waals surface area contributed by atoms with Crippen molar-refractivity contribution in [3.05, 3.63) is 30.5 Å². The largest absolute Gasteiger partial charge is 0.396 e. The number of nitrogens with zero attached hydrogens (tertiary/aromatic N) is 2. The van der Waals surface area contributed by atoms with E-state index in [0.717, 1.165) is 35.2 Å². The van der Waals surface area contributed by atoms with E-state index in [4.69, 9.17) is 10.8 Å². The fourth-order valence-corrected chi connectivity index (χ4v) is 2.31. The molecule has 0 amide bonds. The van der Waals surface area contributed by atoms with Gasteiger partial charge in [-0.15, -0.1) is 0 Å². The molecule has 1 aromatic heterocycles. The second-order valence-electron chi connectivity index (χ2n) is 4.93. The minimum Gasteiger partial charge on any atom is -0.396 e. The highest BCUT2D eigenvalue weighted by Gasteiger charge is 2.14. The first-order valence-corrected chi connectivity index (χ1v) is 6.66. The lowest BCUT2D eigenvalue weighted by Gasteiger charge is -2.30. The van der Waals surface area contributed by atoms with Gasteiger partial charge in [0.2, 0.25) is 0 Å². The number of anilines is 2. The van der Waals surface area contributed by atoms with Gasteiger partial charge in [-0.1, -0.05) is 0 Å². The molecule has 4 heteroatoms. The monoisotopic (exact) mass is 259 g/mol. The van der Waals surface area contributed by atoms with E-state index in [9.17, 15) is 0 Å². The van der Waals surface area contributed by atoms with Crippen LogP contribution in [0.2, 0.25) is 0 Å². The summed E-state index contributed by atoms with van der Waals surface area (Å²) in [5, 5.41) is 10.00. The summed E-state index contributed by atoms with van der Waals surface area (Å²) in [6, 6.07) is 8.24. The molecule has 0 radical (unpaired) electrons. The number of hydrogen-bond donors (Lipinski definition) is 2. The van der Waals surface area contributed by atoms with Crippen LogP contribution in [0, 0.1) is 0 Å². The highest BCUT2D eigenvalue weighted by molar-refractivity contribution is 5.97. The number of nitrogen functional groups attached to an aromatic ring is 1. The van der Waals surface area contributed by atoms with E-state index in [1.54, 1.807) is 6.20 Å².